The summed E-state index contributed by atoms with van der Waals surface area (Å²) in [6, 6.07) is 5.75. The van der Waals surface area contributed by atoms with Crippen LogP contribution in [0.2, 0.25) is 0 Å². The molecule has 13 heteroatoms. The van der Waals surface area contributed by atoms with E-state index in [1.807, 2.05) is 4.90 Å². The maximum absolute atomic E-state index is 13.0. The highest BCUT2D eigenvalue weighted by molar-refractivity contribution is 7.14. The van der Waals surface area contributed by atoms with E-state index in [-0.39, 0.29) is 30.3 Å². The number of fused-ring (bicyclic) bond motifs is 1. The summed E-state index contributed by atoms with van der Waals surface area (Å²) >= 11 is 1.14. The van der Waals surface area contributed by atoms with E-state index in [4.69, 9.17) is 4.74 Å². The lowest BCUT2D eigenvalue weighted by Gasteiger charge is -2.37. The number of amides is 3. The first-order valence-electron chi connectivity index (χ1n) is 10.9. The Bertz CT molecular complexity index is 1090. The van der Waals surface area contributed by atoms with Gasteiger partial charge in [-0.15, -0.1) is 11.3 Å². The van der Waals surface area contributed by atoms with E-state index in [0.29, 0.717) is 24.6 Å². The van der Waals surface area contributed by atoms with Gasteiger partial charge in [-0.2, -0.15) is 13.2 Å². The lowest BCUT2D eigenvalue weighted by molar-refractivity contribution is -0.137. The van der Waals surface area contributed by atoms with Crippen molar-refractivity contribution in [3.05, 3.63) is 52.4 Å². The Morgan fingerprint density at radius 2 is 1.89 bits per heavy atom. The second kappa shape index (κ2) is 10.3. The molecule has 0 aliphatic carbocycles. The van der Waals surface area contributed by atoms with Crippen LogP contribution in [0.3, 0.4) is 0 Å². The minimum atomic E-state index is -4.40. The van der Waals surface area contributed by atoms with Crippen LogP contribution in [-0.4, -0.2) is 61.3 Å². The number of alkyl halides is 3. The molecule has 0 saturated carbocycles. The van der Waals surface area contributed by atoms with Crippen LogP contribution in [0.5, 0.6) is 0 Å². The lowest BCUT2D eigenvalue weighted by atomic mass is 10.0. The molecule has 0 spiro atoms. The van der Waals surface area contributed by atoms with Crippen LogP contribution in [-0.2, 0) is 15.7 Å². The number of piperazine rings is 1. The Hall–Kier alpha value is -3.00. The molecule has 2 aliphatic heterocycles. The van der Waals surface area contributed by atoms with Crippen LogP contribution in [0, 0.1) is 0 Å². The molecule has 2 aromatic rings. The molecule has 0 radical (unpaired) electrons. The van der Waals surface area contributed by atoms with Gasteiger partial charge in [0.1, 0.15) is 11.0 Å². The van der Waals surface area contributed by atoms with E-state index in [1.54, 1.807) is 12.3 Å². The van der Waals surface area contributed by atoms with Crippen LogP contribution in [0.25, 0.3) is 0 Å². The number of rotatable bonds is 5. The molecule has 188 valence electrons. The van der Waals surface area contributed by atoms with E-state index in [0.717, 1.165) is 29.0 Å². The minimum Gasteiger partial charge on any atom is -0.450 e. The average Bonchev–Trinajstić information content (AvgIpc) is 3.45. The SMILES string of the molecule is CCOC(=O)NC(=O)c1ccsc1NC(=O)C1CN2C(CN1)NCC2c1ccc(C(F)(F)F)cc1. The van der Waals surface area contributed by atoms with Gasteiger partial charge in [0.25, 0.3) is 5.91 Å². The number of ether oxygens (including phenoxy) is 1. The summed E-state index contributed by atoms with van der Waals surface area (Å²) in [4.78, 5) is 38.9. The highest BCUT2D eigenvalue weighted by Gasteiger charge is 2.41. The van der Waals surface area contributed by atoms with E-state index >= 15 is 0 Å². The van der Waals surface area contributed by atoms with Crippen molar-refractivity contribution in [3.63, 3.8) is 0 Å². The molecular weight excluding hydrogens is 487 g/mol. The molecule has 3 heterocycles. The second-order valence-corrected chi connectivity index (χ2v) is 8.96. The monoisotopic (exact) mass is 511 g/mol. The zero-order valence-electron chi connectivity index (χ0n) is 18.6. The first-order valence-corrected chi connectivity index (χ1v) is 11.8. The normalized spacial score (nSPS) is 22.3. The Labute approximate surface area is 203 Å². The van der Waals surface area contributed by atoms with Gasteiger partial charge in [-0.25, -0.2) is 4.79 Å². The molecule has 0 bridgehead atoms. The summed E-state index contributed by atoms with van der Waals surface area (Å²) in [5.41, 5.74) is 0.154. The van der Waals surface area contributed by atoms with Gasteiger partial charge >= 0.3 is 12.3 Å². The third-order valence-electron chi connectivity index (χ3n) is 5.88. The Balaban J connectivity index is 1.41. The van der Waals surface area contributed by atoms with Gasteiger partial charge in [-0.3, -0.25) is 25.1 Å². The molecule has 2 saturated heterocycles. The van der Waals surface area contributed by atoms with Gasteiger partial charge in [-0.1, -0.05) is 12.1 Å². The van der Waals surface area contributed by atoms with Crippen LogP contribution in [0.1, 0.15) is 34.5 Å². The molecule has 9 nitrogen and oxygen atoms in total. The number of nitrogens with zero attached hydrogens (tertiary/aromatic N) is 1. The molecule has 3 atom stereocenters. The fourth-order valence-electron chi connectivity index (χ4n) is 4.16. The van der Waals surface area contributed by atoms with Gasteiger partial charge < -0.3 is 15.4 Å². The summed E-state index contributed by atoms with van der Waals surface area (Å²) in [6.45, 7) is 3.02. The third-order valence-corrected chi connectivity index (χ3v) is 6.71. The topological polar surface area (TPSA) is 112 Å². The maximum Gasteiger partial charge on any atom is 0.416 e. The van der Waals surface area contributed by atoms with Crippen LogP contribution < -0.4 is 21.3 Å². The standard InChI is InChI=1S/C22H24F3N5O4S/c1-2-34-21(33)29-18(31)14-7-8-35-20(14)28-19(32)15-11-30-16(9-27-17(30)10-26-15)12-3-5-13(6-4-12)22(23,24)25/h3-8,15-17,26-27H,2,9-11H2,1H3,(H,28,32)(H,29,31,33). The number of alkyl carbamates (subject to hydrolysis) is 1. The third kappa shape index (κ3) is 5.64. The van der Waals surface area contributed by atoms with E-state index < -0.39 is 29.8 Å². The Morgan fingerprint density at radius 1 is 1.14 bits per heavy atom. The maximum atomic E-state index is 13.0. The minimum absolute atomic E-state index is 0.0704. The van der Waals surface area contributed by atoms with Crippen molar-refractivity contribution in [2.45, 2.75) is 31.3 Å². The van der Waals surface area contributed by atoms with Crippen LogP contribution in [0.4, 0.5) is 23.0 Å². The van der Waals surface area contributed by atoms with Crippen molar-refractivity contribution in [1.82, 2.24) is 20.9 Å². The predicted octanol–water partition coefficient (Wildman–Crippen LogP) is 2.54. The fourth-order valence-corrected chi connectivity index (χ4v) is 4.95. The van der Waals surface area contributed by atoms with E-state index in [2.05, 4.69) is 21.3 Å². The zero-order valence-corrected chi connectivity index (χ0v) is 19.5. The van der Waals surface area contributed by atoms with Gasteiger partial charge in [0, 0.05) is 25.7 Å². The van der Waals surface area contributed by atoms with Gasteiger partial charge in [0.15, 0.2) is 0 Å². The van der Waals surface area contributed by atoms with Crippen molar-refractivity contribution in [1.29, 1.82) is 0 Å². The summed E-state index contributed by atoms with van der Waals surface area (Å²) in [5, 5.41) is 13.2. The quantitative estimate of drug-likeness (QED) is 0.488. The number of hydrogen-bond donors (Lipinski definition) is 4. The Morgan fingerprint density at radius 3 is 2.57 bits per heavy atom. The lowest BCUT2D eigenvalue weighted by Crippen LogP contribution is -2.60. The summed E-state index contributed by atoms with van der Waals surface area (Å²) in [5.74, 6) is -1.06. The molecule has 3 amide bonds. The van der Waals surface area contributed by atoms with Crippen molar-refractivity contribution >= 4 is 34.2 Å². The first-order chi connectivity index (χ1) is 16.7. The van der Waals surface area contributed by atoms with Crippen LogP contribution >= 0.6 is 11.3 Å². The number of halogens is 3. The number of hydrogen-bond acceptors (Lipinski definition) is 8. The number of nitrogens with one attached hydrogen (secondary N) is 4. The number of carbonyl (C=O) groups excluding carboxylic acids is 3. The highest BCUT2D eigenvalue weighted by atomic mass is 32.1. The van der Waals surface area contributed by atoms with Gasteiger partial charge in [-0.05, 0) is 36.1 Å². The van der Waals surface area contributed by atoms with E-state index in [9.17, 15) is 27.6 Å². The summed E-state index contributed by atoms with van der Waals surface area (Å²) in [7, 11) is 0. The molecule has 35 heavy (non-hydrogen) atoms. The predicted molar refractivity (Wildman–Crippen MR) is 122 cm³/mol. The number of imide groups is 1. The Kier molecular flexibility index (Phi) is 7.40. The number of carbonyl (C=O) groups is 3. The highest BCUT2D eigenvalue weighted by Crippen LogP contribution is 2.33. The molecule has 3 unspecified atom stereocenters. The van der Waals surface area contributed by atoms with Crippen molar-refractivity contribution in [3.8, 4) is 0 Å². The van der Waals surface area contributed by atoms with Gasteiger partial charge in [0.05, 0.1) is 23.9 Å². The average molecular weight is 512 g/mol. The van der Waals surface area contributed by atoms with Crippen molar-refractivity contribution in [2.24, 2.45) is 0 Å². The molecule has 2 fully saturated rings. The first kappa shape index (κ1) is 25.1. The summed E-state index contributed by atoms with van der Waals surface area (Å²) < 4.78 is 43.4. The van der Waals surface area contributed by atoms with Gasteiger partial charge in [0.2, 0.25) is 5.91 Å². The molecule has 1 aromatic carbocycles. The van der Waals surface area contributed by atoms with E-state index in [1.165, 1.54) is 18.2 Å². The molecular formula is C22H24F3N5O4S. The second-order valence-electron chi connectivity index (χ2n) is 8.04. The smallest absolute Gasteiger partial charge is 0.416 e. The molecule has 2 aliphatic rings. The van der Waals surface area contributed by atoms with Crippen molar-refractivity contribution < 1.29 is 32.3 Å². The zero-order chi connectivity index (χ0) is 25.2. The number of anilines is 1. The van der Waals surface area contributed by atoms with Crippen LogP contribution in [0.15, 0.2) is 35.7 Å². The molecule has 4 N–H and O–H groups in total. The number of thiophene rings is 1. The summed E-state index contributed by atoms with van der Waals surface area (Å²) in [6.07, 6.45) is -5.35. The van der Waals surface area contributed by atoms with Crippen molar-refractivity contribution in [2.75, 3.05) is 31.6 Å². The molecule has 4 rings (SSSR count). The number of benzene rings is 1. The molecule has 1 aromatic heterocycles. The fraction of sp³-hybridized carbons (Fsp3) is 0.409. The largest absolute Gasteiger partial charge is 0.450 e.